The van der Waals surface area contributed by atoms with Crippen LogP contribution in [0.1, 0.15) is 18.2 Å². The van der Waals surface area contributed by atoms with E-state index in [1.165, 1.54) is 43.2 Å². The number of aromatic nitrogens is 2. The molecule has 3 aromatic rings. The molecule has 0 saturated carbocycles. The lowest BCUT2D eigenvalue weighted by Crippen LogP contribution is -2.19. The van der Waals surface area contributed by atoms with Crippen molar-refractivity contribution in [3.05, 3.63) is 68.8 Å². The van der Waals surface area contributed by atoms with Crippen LogP contribution in [-0.4, -0.2) is 29.7 Å². The molecule has 0 aliphatic carbocycles. The van der Waals surface area contributed by atoms with E-state index in [9.17, 15) is 9.18 Å². The third-order valence-electron chi connectivity index (χ3n) is 4.26. The van der Waals surface area contributed by atoms with Gasteiger partial charge in [-0.3, -0.25) is 9.89 Å². The first kappa shape index (κ1) is 19.7. The summed E-state index contributed by atoms with van der Waals surface area (Å²) in [5.41, 5.74) is 2.26. The van der Waals surface area contributed by atoms with Gasteiger partial charge in [0.2, 0.25) is 0 Å². The van der Waals surface area contributed by atoms with Crippen LogP contribution in [-0.2, 0) is 0 Å². The fourth-order valence-corrected chi connectivity index (χ4v) is 3.14. The average molecular weight is 404 g/mol. The van der Waals surface area contributed by atoms with Crippen molar-refractivity contribution in [2.24, 2.45) is 4.99 Å². The number of methoxy groups -OCH3 is 2. The van der Waals surface area contributed by atoms with Crippen molar-refractivity contribution in [3.63, 3.8) is 0 Å². The number of rotatable bonds is 5. The monoisotopic (exact) mass is 403 g/mol. The lowest BCUT2D eigenvalue weighted by atomic mass is 10.1. The molecule has 0 atom stereocenters. The number of aromatic amines is 1. The molecule has 28 heavy (non-hydrogen) atoms. The Morgan fingerprint density at radius 1 is 1.14 bits per heavy atom. The van der Waals surface area contributed by atoms with E-state index in [1.54, 1.807) is 26.0 Å². The van der Waals surface area contributed by atoms with Crippen molar-refractivity contribution in [1.82, 2.24) is 9.78 Å². The lowest BCUT2D eigenvalue weighted by Gasteiger charge is -2.09. The highest BCUT2D eigenvalue weighted by molar-refractivity contribution is 6.32. The maximum Gasteiger partial charge on any atom is 0.280 e. The van der Waals surface area contributed by atoms with Gasteiger partial charge in [-0.2, -0.15) is 0 Å². The first-order chi connectivity index (χ1) is 13.3. The van der Waals surface area contributed by atoms with E-state index in [-0.39, 0.29) is 11.4 Å². The van der Waals surface area contributed by atoms with Gasteiger partial charge >= 0.3 is 0 Å². The van der Waals surface area contributed by atoms with Gasteiger partial charge < -0.3 is 9.47 Å². The smallest absolute Gasteiger partial charge is 0.280 e. The van der Waals surface area contributed by atoms with Crippen LogP contribution in [0.5, 0.6) is 11.5 Å². The number of aliphatic imine (C=N–C) groups is 1. The van der Waals surface area contributed by atoms with Gasteiger partial charge in [0.1, 0.15) is 23.0 Å². The lowest BCUT2D eigenvalue weighted by molar-refractivity contribution is 0.404. The molecule has 1 heterocycles. The Labute approximate surface area is 166 Å². The van der Waals surface area contributed by atoms with Gasteiger partial charge in [-0.15, -0.1) is 0 Å². The number of hydrogen-bond acceptors (Lipinski definition) is 4. The van der Waals surface area contributed by atoms with Gasteiger partial charge in [0.05, 0.1) is 36.2 Å². The molecule has 1 aromatic heterocycles. The van der Waals surface area contributed by atoms with Crippen molar-refractivity contribution >= 4 is 23.0 Å². The normalized spacial score (nSPS) is 11.6. The Kier molecular flexibility index (Phi) is 5.56. The Morgan fingerprint density at radius 3 is 2.39 bits per heavy atom. The second-order valence-corrected chi connectivity index (χ2v) is 6.49. The number of H-pyrrole nitrogens is 1. The van der Waals surface area contributed by atoms with Crippen molar-refractivity contribution in [3.8, 4) is 17.2 Å². The molecule has 0 aliphatic rings. The number of nitrogens with zero attached hydrogens (tertiary/aromatic N) is 2. The van der Waals surface area contributed by atoms with Gasteiger partial charge in [-0.25, -0.2) is 14.1 Å². The molecule has 0 amide bonds. The zero-order valence-corrected chi connectivity index (χ0v) is 16.6. The van der Waals surface area contributed by atoms with Crippen LogP contribution in [0, 0.1) is 12.7 Å². The summed E-state index contributed by atoms with van der Waals surface area (Å²) in [6.45, 7) is 3.50. The molecule has 0 bridgehead atoms. The standard InChI is InChI=1S/C20H19ClFN3O3/c1-11(23-16-10-17(27-3)15(21)9-18(16)28-4)19-12(2)24-25(20(19)26)14-7-5-13(22)6-8-14/h5-10,24H,1-4H3. The average Bonchev–Trinajstić information content (AvgIpc) is 2.97. The third-order valence-corrected chi connectivity index (χ3v) is 4.55. The molecule has 0 spiro atoms. The third kappa shape index (κ3) is 3.66. The number of benzene rings is 2. The summed E-state index contributed by atoms with van der Waals surface area (Å²) < 4.78 is 25.1. The van der Waals surface area contributed by atoms with Crippen LogP contribution in [0.3, 0.4) is 0 Å². The van der Waals surface area contributed by atoms with E-state index in [0.717, 1.165) is 0 Å². The largest absolute Gasteiger partial charge is 0.495 e. The zero-order chi connectivity index (χ0) is 20.4. The highest BCUT2D eigenvalue weighted by atomic mass is 35.5. The van der Waals surface area contributed by atoms with Crippen LogP contribution in [0.2, 0.25) is 5.02 Å². The minimum atomic E-state index is -0.373. The molecular weight excluding hydrogens is 385 g/mol. The molecule has 2 aromatic carbocycles. The van der Waals surface area contributed by atoms with Crippen LogP contribution < -0.4 is 15.0 Å². The van der Waals surface area contributed by atoms with Gasteiger partial charge in [-0.05, 0) is 38.1 Å². The maximum atomic E-state index is 13.2. The number of nitrogens with one attached hydrogen (secondary N) is 1. The zero-order valence-electron chi connectivity index (χ0n) is 15.8. The summed E-state index contributed by atoms with van der Waals surface area (Å²) >= 11 is 6.13. The molecule has 0 radical (unpaired) electrons. The molecule has 0 fully saturated rings. The van der Waals surface area contributed by atoms with Crippen LogP contribution >= 0.6 is 11.6 Å². The van der Waals surface area contributed by atoms with Crippen LogP contribution in [0.4, 0.5) is 10.1 Å². The number of hydrogen-bond donors (Lipinski definition) is 1. The second-order valence-electron chi connectivity index (χ2n) is 6.08. The molecule has 0 unspecified atom stereocenters. The van der Waals surface area contributed by atoms with E-state index in [1.807, 2.05) is 0 Å². The van der Waals surface area contributed by atoms with Gasteiger partial charge in [0, 0.05) is 17.8 Å². The fourth-order valence-electron chi connectivity index (χ4n) is 2.91. The quantitative estimate of drug-likeness (QED) is 0.641. The molecule has 0 saturated heterocycles. The molecule has 8 heteroatoms. The molecular formula is C20H19ClFN3O3. The topological polar surface area (TPSA) is 68.6 Å². The second kappa shape index (κ2) is 7.90. The summed E-state index contributed by atoms with van der Waals surface area (Å²) in [7, 11) is 3.02. The highest BCUT2D eigenvalue weighted by Crippen LogP contribution is 2.37. The Hall–Kier alpha value is -3.06. The van der Waals surface area contributed by atoms with Crippen LogP contribution in [0.15, 0.2) is 46.2 Å². The van der Waals surface area contributed by atoms with Crippen molar-refractivity contribution in [1.29, 1.82) is 0 Å². The summed E-state index contributed by atoms with van der Waals surface area (Å²) in [5, 5.41) is 3.40. The van der Waals surface area contributed by atoms with Gasteiger partial charge in [0.25, 0.3) is 5.56 Å². The van der Waals surface area contributed by atoms with E-state index >= 15 is 0 Å². The Morgan fingerprint density at radius 2 is 1.79 bits per heavy atom. The van der Waals surface area contributed by atoms with Crippen molar-refractivity contribution in [2.75, 3.05) is 14.2 Å². The highest BCUT2D eigenvalue weighted by Gasteiger charge is 2.17. The number of ether oxygens (including phenoxy) is 2. The summed E-state index contributed by atoms with van der Waals surface area (Å²) in [4.78, 5) is 17.5. The predicted octanol–water partition coefficient (Wildman–Crippen LogP) is 4.42. The molecule has 1 N–H and O–H groups in total. The predicted molar refractivity (Wildman–Crippen MR) is 108 cm³/mol. The van der Waals surface area contributed by atoms with Gasteiger partial charge in [-0.1, -0.05) is 11.6 Å². The Balaban J connectivity index is 2.10. The minimum Gasteiger partial charge on any atom is -0.495 e. The molecule has 3 rings (SSSR count). The van der Waals surface area contributed by atoms with E-state index in [2.05, 4.69) is 10.1 Å². The molecule has 6 nitrogen and oxygen atoms in total. The van der Waals surface area contributed by atoms with E-state index in [4.69, 9.17) is 21.1 Å². The number of halogens is 2. The van der Waals surface area contributed by atoms with E-state index < -0.39 is 0 Å². The minimum absolute atomic E-state index is 0.287. The summed E-state index contributed by atoms with van der Waals surface area (Å²) in [6, 6.07) is 8.89. The molecule has 0 aliphatic heterocycles. The first-order valence-corrected chi connectivity index (χ1v) is 8.78. The van der Waals surface area contributed by atoms with Crippen molar-refractivity contribution < 1.29 is 13.9 Å². The maximum absolute atomic E-state index is 13.2. The summed E-state index contributed by atoms with van der Waals surface area (Å²) in [6.07, 6.45) is 0. The Bertz CT molecular complexity index is 1100. The summed E-state index contributed by atoms with van der Waals surface area (Å²) in [5.74, 6) is 0.530. The number of aryl methyl sites for hydroxylation is 1. The van der Waals surface area contributed by atoms with E-state index in [0.29, 0.717) is 44.9 Å². The first-order valence-electron chi connectivity index (χ1n) is 8.40. The SMILES string of the molecule is COc1cc(N=C(C)c2c(C)[nH]n(-c3ccc(F)cc3)c2=O)c(OC)cc1Cl. The van der Waals surface area contributed by atoms with Crippen molar-refractivity contribution in [2.45, 2.75) is 13.8 Å². The fraction of sp³-hybridized carbons (Fsp3) is 0.200. The van der Waals surface area contributed by atoms with Gasteiger partial charge in [0.15, 0.2) is 0 Å². The van der Waals surface area contributed by atoms with Crippen LogP contribution in [0.25, 0.3) is 5.69 Å². The molecule has 146 valence electrons.